The number of carbonyl (C=O) groups is 1. The van der Waals surface area contributed by atoms with E-state index < -0.39 is 21.9 Å². The van der Waals surface area contributed by atoms with E-state index >= 15 is 4.39 Å². The Morgan fingerprint density at radius 3 is 2.58 bits per heavy atom. The largest absolute Gasteiger partial charge is 0.453 e. The molecule has 13 heteroatoms. The van der Waals surface area contributed by atoms with Gasteiger partial charge in [-0.3, -0.25) is 9.40 Å². The second-order valence-electron chi connectivity index (χ2n) is 8.70. The highest BCUT2D eigenvalue weighted by atomic mass is 32.2. The Morgan fingerprint density at radius 1 is 1.22 bits per heavy atom. The smallest absolute Gasteiger partial charge is 0.407 e. The van der Waals surface area contributed by atoms with E-state index in [1.807, 2.05) is 13.8 Å². The predicted octanol–water partition coefficient (Wildman–Crippen LogP) is 3.56. The molecule has 36 heavy (non-hydrogen) atoms. The van der Waals surface area contributed by atoms with Gasteiger partial charge in [-0.15, -0.1) is 0 Å². The number of halogens is 1. The van der Waals surface area contributed by atoms with E-state index in [1.54, 1.807) is 43.1 Å². The minimum absolute atomic E-state index is 0.0244. The van der Waals surface area contributed by atoms with Gasteiger partial charge in [0.15, 0.2) is 5.82 Å². The summed E-state index contributed by atoms with van der Waals surface area (Å²) in [5, 5.41) is 10.3. The van der Waals surface area contributed by atoms with Gasteiger partial charge in [0.2, 0.25) is 16.0 Å². The van der Waals surface area contributed by atoms with Crippen LogP contribution in [0.25, 0.3) is 22.5 Å². The summed E-state index contributed by atoms with van der Waals surface area (Å²) in [4.78, 5) is 20.2. The van der Waals surface area contributed by atoms with Crippen molar-refractivity contribution in [2.45, 2.75) is 39.8 Å². The Bertz CT molecular complexity index is 1360. The average molecular weight is 520 g/mol. The van der Waals surface area contributed by atoms with Crippen LogP contribution >= 0.6 is 0 Å². The summed E-state index contributed by atoms with van der Waals surface area (Å²) >= 11 is 0. The number of alkyl carbamates (subject to hydrolysis) is 1. The summed E-state index contributed by atoms with van der Waals surface area (Å²) in [6.45, 7) is 7.75. The van der Waals surface area contributed by atoms with Crippen molar-refractivity contribution in [2.24, 2.45) is 0 Å². The Labute approximate surface area is 209 Å². The van der Waals surface area contributed by atoms with E-state index in [1.165, 1.54) is 13.2 Å². The number of carbonyl (C=O) groups excluding carboxylic acids is 1. The SMILES string of the molecule is COC(=O)N[C@@H](C)CNc1nccc(-c2cn(C(C)C)nc2-c2cc(C)cc(NS(C)(=O)=O)c2F)n1. The number of nitrogens with one attached hydrogen (secondary N) is 3. The van der Waals surface area contributed by atoms with Crippen molar-refractivity contribution in [3.63, 3.8) is 0 Å². The van der Waals surface area contributed by atoms with Crippen LogP contribution in [-0.4, -0.2) is 60.2 Å². The minimum atomic E-state index is -3.69. The number of rotatable bonds is 9. The maximum absolute atomic E-state index is 15.5. The van der Waals surface area contributed by atoms with Crippen molar-refractivity contribution in [1.29, 1.82) is 0 Å². The lowest BCUT2D eigenvalue weighted by Gasteiger charge is -2.14. The molecular formula is C23H30FN7O4S. The molecule has 0 bridgehead atoms. The highest BCUT2D eigenvalue weighted by Crippen LogP contribution is 2.36. The third-order valence-corrected chi connectivity index (χ3v) is 5.67. The zero-order valence-corrected chi connectivity index (χ0v) is 21.8. The Kier molecular flexibility index (Phi) is 8.13. The van der Waals surface area contributed by atoms with Crippen LogP contribution in [0.1, 0.15) is 32.4 Å². The summed E-state index contributed by atoms with van der Waals surface area (Å²) in [6.07, 6.45) is 3.74. The number of amides is 1. The molecule has 0 aliphatic carbocycles. The summed E-state index contributed by atoms with van der Waals surface area (Å²) < 4.78 is 47.6. The number of methoxy groups -OCH3 is 1. The maximum Gasteiger partial charge on any atom is 0.407 e. The number of aromatic nitrogens is 4. The molecule has 0 spiro atoms. The molecule has 2 heterocycles. The number of nitrogens with zero attached hydrogens (tertiary/aromatic N) is 4. The van der Waals surface area contributed by atoms with Crippen LogP contribution < -0.4 is 15.4 Å². The molecule has 0 aliphatic rings. The summed E-state index contributed by atoms with van der Waals surface area (Å²) in [7, 11) is -2.41. The molecule has 0 saturated carbocycles. The molecule has 0 fully saturated rings. The fourth-order valence-electron chi connectivity index (χ4n) is 3.41. The third kappa shape index (κ3) is 6.68. The standard InChI is InChI=1S/C23H30FN7O4S/c1-13(2)31-12-17(18-7-8-25-22(28-18)26-11-15(4)27-23(32)35-5)21(29-31)16-9-14(3)10-19(20(16)24)30-36(6,33)34/h7-10,12-13,15,30H,11H2,1-6H3,(H,27,32)(H,25,26,28)/t15-/m0/s1. The third-order valence-electron chi connectivity index (χ3n) is 5.08. The van der Waals surface area contributed by atoms with Gasteiger partial charge in [0.05, 0.1) is 24.7 Å². The number of sulfonamides is 1. The van der Waals surface area contributed by atoms with E-state index in [-0.39, 0.29) is 23.3 Å². The molecule has 2 aromatic heterocycles. The van der Waals surface area contributed by atoms with Crippen LogP contribution in [0.5, 0.6) is 0 Å². The van der Waals surface area contributed by atoms with Crippen molar-refractivity contribution in [3.05, 3.63) is 42.0 Å². The van der Waals surface area contributed by atoms with Gasteiger partial charge in [-0.2, -0.15) is 5.10 Å². The molecule has 1 aromatic carbocycles. The van der Waals surface area contributed by atoms with Gasteiger partial charge in [0.25, 0.3) is 0 Å². The van der Waals surface area contributed by atoms with Crippen molar-refractivity contribution < 1.29 is 22.3 Å². The van der Waals surface area contributed by atoms with Gasteiger partial charge in [-0.1, -0.05) is 0 Å². The second kappa shape index (κ2) is 10.9. The summed E-state index contributed by atoms with van der Waals surface area (Å²) in [5.41, 5.74) is 1.98. The van der Waals surface area contributed by atoms with Gasteiger partial charge in [0.1, 0.15) is 5.69 Å². The lowest BCUT2D eigenvalue weighted by molar-refractivity contribution is 0.168. The van der Waals surface area contributed by atoms with Crippen LogP contribution in [0.4, 0.5) is 20.8 Å². The van der Waals surface area contributed by atoms with Crippen molar-refractivity contribution in [2.75, 3.05) is 29.9 Å². The molecule has 3 aromatic rings. The molecule has 0 aliphatic heterocycles. The normalized spacial score (nSPS) is 12.3. The molecule has 3 N–H and O–H groups in total. The van der Waals surface area contributed by atoms with Gasteiger partial charge >= 0.3 is 6.09 Å². The molecule has 11 nitrogen and oxygen atoms in total. The average Bonchev–Trinajstić information content (AvgIpc) is 3.25. The number of anilines is 2. The molecular weight excluding hydrogens is 489 g/mol. The highest BCUT2D eigenvalue weighted by molar-refractivity contribution is 7.92. The summed E-state index contributed by atoms with van der Waals surface area (Å²) in [5.74, 6) is -0.435. The van der Waals surface area contributed by atoms with Gasteiger partial charge in [0, 0.05) is 42.1 Å². The predicted molar refractivity (Wildman–Crippen MR) is 136 cm³/mol. The zero-order valence-electron chi connectivity index (χ0n) is 21.0. The first-order valence-corrected chi connectivity index (χ1v) is 13.1. The first-order valence-electron chi connectivity index (χ1n) is 11.2. The zero-order chi connectivity index (χ0) is 26.6. The Morgan fingerprint density at radius 2 is 1.94 bits per heavy atom. The maximum atomic E-state index is 15.5. The second-order valence-corrected chi connectivity index (χ2v) is 10.4. The number of ether oxygens (including phenoxy) is 1. The molecule has 1 atom stereocenters. The number of benzene rings is 1. The fourth-order valence-corrected chi connectivity index (χ4v) is 3.96. The Balaban J connectivity index is 2.03. The molecule has 0 unspecified atom stereocenters. The van der Waals surface area contributed by atoms with Crippen LogP contribution in [0.3, 0.4) is 0 Å². The van der Waals surface area contributed by atoms with E-state index in [0.29, 0.717) is 35.0 Å². The number of hydrogen-bond donors (Lipinski definition) is 3. The lowest BCUT2D eigenvalue weighted by atomic mass is 10.0. The first-order chi connectivity index (χ1) is 16.9. The van der Waals surface area contributed by atoms with Crippen LogP contribution in [0.2, 0.25) is 0 Å². The number of aryl methyl sites for hydroxylation is 1. The quantitative estimate of drug-likeness (QED) is 0.390. The molecule has 3 rings (SSSR count). The molecule has 0 radical (unpaired) electrons. The van der Waals surface area contributed by atoms with E-state index in [9.17, 15) is 13.2 Å². The van der Waals surface area contributed by atoms with Crippen molar-refractivity contribution in [1.82, 2.24) is 25.1 Å². The molecule has 0 saturated heterocycles. The monoisotopic (exact) mass is 519 g/mol. The topological polar surface area (TPSA) is 140 Å². The minimum Gasteiger partial charge on any atom is -0.453 e. The van der Waals surface area contributed by atoms with Crippen LogP contribution in [0.15, 0.2) is 30.6 Å². The molecule has 1 amide bonds. The summed E-state index contributed by atoms with van der Waals surface area (Å²) in [6, 6.07) is 4.43. The van der Waals surface area contributed by atoms with Crippen molar-refractivity contribution >= 4 is 27.8 Å². The molecule has 194 valence electrons. The van der Waals surface area contributed by atoms with E-state index in [2.05, 4.69) is 35.2 Å². The van der Waals surface area contributed by atoms with Gasteiger partial charge in [-0.05, 0) is 51.5 Å². The van der Waals surface area contributed by atoms with E-state index in [4.69, 9.17) is 0 Å². The fraction of sp³-hybridized carbons (Fsp3) is 0.391. The van der Waals surface area contributed by atoms with Crippen LogP contribution in [0, 0.1) is 12.7 Å². The lowest BCUT2D eigenvalue weighted by Crippen LogP contribution is -2.37. The van der Waals surface area contributed by atoms with Gasteiger partial charge < -0.3 is 15.4 Å². The van der Waals surface area contributed by atoms with Crippen LogP contribution in [-0.2, 0) is 14.8 Å². The first kappa shape index (κ1) is 26.9. The van der Waals surface area contributed by atoms with Crippen molar-refractivity contribution in [3.8, 4) is 22.5 Å². The van der Waals surface area contributed by atoms with E-state index in [0.717, 1.165) is 6.26 Å². The number of hydrogen-bond acceptors (Lipinski definition) is 8. The van der Waals surface area contributed by atoms with Gasteiger partial charge in [-0.25, -0.2) is 27.6 Å². The Hall–Kier alpha value is -3.74. The highest BCUT2D eigenvalue weighted by Gasteiger charge is 2.22.